The van der Waals surface area contributed by atoms with E-state index in [-0.39, 0.29) is 18.0 Å². The molecule has 1 aromatic heterocycles. The number of carbonyl (C=O) groups excluding carboxylic acids is 1. The molecule has 206 valence electrons. The van der Waals surface area contributed by atoms with E-state index < -0.39 is 33.6 Å². The Hall–Kier alpha value is -4.16. The van der Waals surface area contributed by atoms with Crippen molar-refractivity contribution < 1.29 is 36.2 Å². The fourth-order valence-electron chi connectivity index (χ4n) is 3.74. The Kier molecular flexibility index (Phi) is 8.99. The number of hydrogen-bond donors (Lipinski definition) is 3. The molecule has 0 radical (unpaired) electrons. The lowest BCUT2D eigenvalue weighted by Gasteiger charge is -2.14. The van der Waals surface area contributed by atoms with E-state index in [0.29, 0.717) is 41.8 Å². The molecule has 4 rings (SSSR count). The largest absolute Gasteiger partial charge is 0.495 e. The summed E-state index contributed by atoms with van der Waals surface area (Å²) in [5.41, 5.74) is 2.56. The first kappa shape index (κ1) is 27.9. The molecule has 12 heteroatoms. The second-order valence-electron chi connectivity index (χ2n) is 8.52. The van der Waals surface area contributed by atoms with Crippen molar-refractivity contribution in [3.8, 4) is 17.0 Å². The molecule has 0 spiro atoms. The number of alkyl carbamates (subject to hydrolysis) is 1. The summed E-state index contributed by atoms with van der Waals surface area (Å²) in [6.07, 6.45) is -0.441. The smallest absolute Gasteiger partial charge is 0.408 e. The van der Waals surface area contributed by atoms with Gasteiger partial charge in [0.15, 0.2) is 11.6 Å². The molecule has 3 aromatic carbocycles. The number of sulfonamides is 1. The monoisotopic (exact) mass is 559 g/mol. The minimum absolute atomic E-state index is 0.0578. The third-order valence-electron chi connectivity index (χ3n) is 5.62. The van der Waals surface area contributed by atoms with Crippen LogP contribution in [0.15, 0.2) is 66.7 Å². The van der Waals surface area contributed by atoms with Gasteiger partial charge in [-0.15, -0.1) is 0 Å². The molecule has 0 aliphatic carbocycles. The molecule has 4 aromatic rings. The summed E-state index contributed by atoms with van der Waals surface area (Å²) in [4.78, 5) is 14.9. The van der Waals surface area contributed by atoms with Crippen LogP contribution in [-0.4, -0.2) is 45.7 Å². The van der Waals surface area contributed by atoms with Crippen LogP contribution in [0.5, 0.6) is 5.75 Å². The van der Waals surface area contributed by atoms with Gasteiger partial charge in [-0.25, -0.2) is 22.0 Å². The van der Waals surface area contributed by atoms with Gasteiger partial charge in [0, 0.05) is 34.6 Å². The topological polar surface area (TPSA) is 119 Å². The molecule has 0 saturated carbocycles. The predicted molar refractivity (Wildman–Crippen MR) is 143 cm³/mol. The van der Waals surface area contributed by atoms with E-state index in [1.165, 1.54) is 13.2 Å². The lowest BCUT2D eigenvalue weighted by molar-refractivity contribution is 0.0926. The molecule has 0 aliphatic rings. The average molecular weight is 560 g/mol. The lowest BCUT2D eigenvalue weighted by atomic mass is 10.1. The van der Waals surface area contributed by atoms with Gasteiger partial charge in [0.2, 0.25) is 0 Å². The number of methoxy groups -OCH3 is 1. The average Bonchev–Trinajstić information content (AvgIpc) is 3.32. The summed E-state index contributed by atoms with van der Waals surface area (Å²) in [5, 5.41) is 2.65. The van der Waals surface area contributed by atoms with E-state index in [1.54, 1.807) is 18.2 Å². The van der Waals surface area contributed by atoms with Crippen molar-refractivity contribution >= 4 is 32.7 Å². The SMILES string of the molecule is COc1ccc(-c2cc3cc(F)c(F)cc3[nH]2)cc1NS(=O)(=O)CNC(=O)OCCCOCc1ccccc1. The first-order valence-corrected chi connectivity index (χ1v) is 13.6. The summed E-state index contributed by atoms with van der Waals surface area (Å²) in [5.74, 6) is -2.47. The van der Waals surface area contributed by atoms with Gasteiger partial charge in [0.1, 0.15) is 11.6 Å². The summed E-state index contributed by atoms with van der Waals surface area (Å²) < 4.78 is 70.6. The number of aromatic amines is 1. The normalized spacial score (nSPS) is 11.4. The number of carbonyl (C=O) groups is 1. The minimum Gasteiger partial charge on any atom is -0.495 e. The predicted octanol–water partition coefficient (Wildman–Crippen LogP) is 5.15. The van der Waals surface area contributed by atoms with Crippen molar-refractivity contribution in [1.82, 2.24) is 10.3 Å². The van der Waals surface area contributed by atoms with Gasteiger partial charge in [0.05, 0.1) is 32.6 Å². The molecule has 0 bridgehead atoms. The zero-order valence-corrected chi connectivity index (χ0v) is 21.8. The van der Waals surface area contributed by atoms with Crippen molar-refractivity contribution in [2.75, 3.05) is 30.9 Å². The lowest BCUT2D eigenvalue weighted by Crippen LogP contribution is -2.33. The van der Waals surface area contributed by atoms with Gasteiger partial charge in [0.25, 0.3) is 10.0 Å². The zero-order valence-electron chi connectivity index (χ0n) is 21.0. The maximum atomic E-state index is 13.6. The number of hydrogen-bond acceptors (Lipinski definition) is 6. The summed E-state index contributed by atoms with van der Waals surface area (Å²) >= 11 is 0. The fraction of sp³-hybridized carbons (Fsp3) is 0.222. The molecule has 0 atom stereocenters. The van der Waals surface area contributed by atoms with Gasteiger partial charge in [-0.3, -0.25) is 4.72 Å². The third-order valence-corrected chi connectivity index (χ3v) is 6.68. The van der Waals surface area contributed by atoms with Crippen molar-refractivity contribution in [3.63, 3.8) is 0 Å². The quantitative estimate of drug-likeness (QED) is 0.207. The number of halogens is 2. The Morgan fingerprint density at radius 3 is 2.51 bits per heavy atom. The van der Waals surface area contributed by atoms with Crippen LogP contribution in [-0.2, 0) is 26.1 Å². The minimum atomic E-state index is -4.04. The van der Waals surface area contributed by atoms with E-state index in [4.69, 9.17) is 14.2 Å². The van der Waals surface area contributed by atoms with Crippen molar-refractivity contribution in [2.45, 2.75) is 13.0 Å². The first-order valence-electron chi connectivity index (χ1n) is 11.9. The number of fused-ring (bicyclic) bond motifs is 1. The molecule has 0 aliphatic heterocycles. The van der Waals surface area contributed by atoms with E-state index in [9.17, 15) is 22.0 Å². The second-order valence-corrected chi connectivity index (χ2v) is 10.2. The van der Waals surface area contributed by atoms with Crippen molar-refractivity contribution in [3.05, 3.63) is 83.9 Å². The number of ether oxygens (including phenoxy) is 3. The van der Waals surface area contributed by atoms with Crippen LogP contribution in [0.2, 0.25) is 0 Å². The highest BCUT2D eigenvalue weighted by Gasteiger charge is 2.17. The van der Waals surface area contributed by atoms with Crippen LogP contribution in [0.25, 0.3) is 22.2 Å². The van der Waals surface area contributed by atoms with Crippen LogP contribution < -0.4 is 14.8 Å². The van der Waals surface area contributed by atoms with Crippen molar-refractivity contribution in [2.24, 2.45) is 0 Å². The molecule has 0 unspecified atom stereocenters. The van der Waals surface area contributed by atoms with Crippen LogP contribution in [0.4, 0.5) is 19.3 Å². The molecule has 9 nitrogen and oxygen atoms in total. The molecule has 39 heavy (non-hydrogen) atoms. The van der Waals surface area contributed by atoms with Crippen LogP contribution in [0.1, 0.15) is 12.0 Å². The maximum absolute atomic E-state index is 13.6. The fourth-order valence-corrected chi connectivity index (χ4v) is 4.61. The molecule has 0 fully saturated rings. The van der Waals surface area contributed by atoms with Gasteiger partial charge >= 0.3 is 6.09 Å². The van der Waals surface area contributed by atoms with Gasteiger partial charge in [-0.1, -0.05) is 30.3 Å². The standard InChI is InChI=1S/C27H27F2N3O6S/c1-36-26-9-8-19(23-14-20-12-21(28)22(29)15-24(20)31-23)13-25(26)32-39(34,35)17-30-27(33)38-11-5-10-37-16-18-6-3-2-4-7-18/h2-4,6-9,12-15,31-32H,5,10-11,16-17H2,1H3,(H,30,33). The second kappa shape index (κ2) is 12.6. The maximum Gasteiger partial charge on any atom is 0.408 e. The number of benzene rings is 3. The van der Waals surface area contributed by atoms with E-state index in [0.717, 1.165) is 17.7 Å². The van der Waals surface area contributed by atoms with E-state index in [1.807, 2.05) is 30.3 Å². The first-order chi connectivity index (χ1) is 18.7. The van der Waals surface area contributed by atoms with Gasteiger partial charge in [-0.05, 0) is 35.9 Å². The number of nitrogens with one attached hydrogen (secondary N) is 3. The van der Waals surface area contributed by atoms with E-state index >= 15 is 0 Å². The van der Waals surface area contributed by atoms with Crippen molar-refractivity contribution in [1.29, 1.82) is 0 Å². The molecular weight excluding hydrogens is 532 g/mol. The van der Waals surface area contributed by atoms with Gasteiger partial charge in [-0.2, -0.15) is 0 Å². The molecular formula is C27H27F2N3O6S. The van der Waals surface area contributed by atoms with E-state index in [2.05, 4.69) is 15.0 Å². The molecule has 1 amide bonds. The number of rotatable bonds is 12. The Morgan fingerprint density at radius 2 is 1.74 bits per heavy atom. The Labute approximate surface area is 224 Å². The van der Waals surface area contributed by atoms with Gasteiger partial charge < -0.3 is 24.5 Å². The highest BCUT2D eigenvalue weighted by atomic mass is 32.2. The number of amides is 1. The highest BCUT2D eigenvalue weighted by Crippen LogP contribution is 2.33. The zero-order chi connectivity index (χ0) is 27.8. The summed E-state index contributed by atoms with van der Waals surface area (Å²) in [6, 6.07) is 18.1. The van der Waals surface area contributed by atoms with Crippen LogP contribution in [0.3, 0.4) is 0 Å². The third kappa shape index (κ3) is 7.68. The highest BCUT2D eigenvalue weighted by molar-refractivity contribution is 7.92. The Balaban J connectivity index is 1.29. The number of aromatic nitrogens is 1. The number of H-pyrrole nitrogens is 1. The Bertz CT molecular complexity index is 1510. The van der Waals surface area contributed by atoms with Crippen LogP contribution in [0, 0.1) is 11.6 Å². The Morgan fingerprint density at radius 1 is 0.974 bits per heavy atom. The molecule has 0 saturated heterocycles. The molecule has 1 heterocycles. The number of anilines is 1. The molecule has 3 N–H and O–H groups in total. The summed E-state index contributed by atoms with van der Waals surface area (Å²) in [6.45, 7) is 0.875. The summed E-state index contributed by atoms with van der Waals surface area (Å²) in [7, 11) is -2.67. The van der Waals surface area contributed by atoms with Crippen LogP contribution >= 0.6 is 0 Å².